The van der Waals surface area contributed by atoms with Gasteiger partial charge < -0.3 is 9.47 Å². The number of ether oxygens (including phenoxy) is 2. The van der Waals surface area contributed by atoms with Crippen LogP contribution in [0.4, 0.5) is 0 Å². The highest BCUT2D eigenvalue weighted by Crippen LogP contribution is 2.10. The zero-order chi connectivity index (χ0) is 20.7. The second-order valence-corrected chi connectivity index (χ2v) is 8.06. The van der Waals surface area contributed by atoms with E-state index < -0.39 is 0 Å². The molecule has 1 unspecified atom stereocenters. The fourth-order valence-corrected chi connectivity index (χ4v) is 3.15. The lowest BCUT2D eigenvalue weighted by molar-refractivity contribution is -0.151. The van der Waals surface area contributed by atoms with Crippen LogP contribution in [0.15, 0.2) is 12.2 Å². The topological polar surface area (TPSA) is 35.5 Å². The van der Waals surface area contributed by atoms with Crippen molar-refractivity contribution in [1.82, 2.24) is 0 Å². The van der Waals surface area contributed by atoms with Crippen LogP contribution < -0.4 is 0 Å². The fourth-order valence-electron chi connectivity index (χ4n) is 3.15. The number of hydrogen-bond acceptors (Lipinski definition) is 3. The normalized spacial score (nSPS) is 12.5. The van der Waals surface area contributed by atoms with E-state index in [1.807, 2.05) is 6.92 Å². The molecule has 166 valence electrons. The third kappa shape index (κ3) is 21.5. The predicted octanol–water partition coefficient (Wildman–Crippen LogP) is 7.77. The Morgan fingerprint density at radius 3 is 1.89 bits per heavy atom. The maximum Gasteiger partial charge on any atom is 0.306 e. The van der Waals surface area contributed by atoms with Crippen LogP contribution >= 0.6 is 0 Å². The van der Waals surface area contributed by atoms with Gasteiger partial charge in [-0.15, -0.1) is 0 Å². The van der Waals surface area contributed by atoms with Gasteiger partial charge in [0.1, 0.15) is 6.10 Å². The van der Waals surface area contributed by atoms with Gasteiger partial charge in [0.2, 0.25) is 0 Å². The first-order chi connectivity index (χ1) is 13.7. The summed E-state index contributed by atoms with van der Waals surface area (Å²) in [4.78, 5) is 11.8. The quantitative estimate of drug-likeness (QED) is 0.113. The summed E-state index contributed by atoms with van der Waals surface area (Å²) < 4.78 is 10.9. The third-order valence-electron chi connectivity index (χ3n) is 4.97. The highest BCUT2D eigenvalue weighted by atomic mass is 16.6. The van der Waals surface area contributed by atoms with Gasteiger partial charge in [-0.3, -0.25) is 4.79 Å². The molecule has 0 spiro atoms. The molecule has 0 rings (SSSR count). The summed E-state index contributed by atoms with van der Waals surface area (Å²) in [5, 5.41) is 0. The average molecular weight is 397 g/mol. The van der Waals surface area contributed by atoms with E-state index in [-0.39, 0.29) is 12.1 Å². The number of unbranched alkanes of at least 4 members (excludes halogenated alkanes) is 12. The first kappa shape index (κ1) is 27.2. The van der Waals surface area contributed by atoms with Crippen LogP contribution in [0.2, 0.25) is 0 Å². The van der Waals surface area contributed by atoms with E-state index in [0.29, 0.717) is 13.0 Å². The molecule has 0 fully saturated rings. The molecule has 0 aromatic rings. The molecule has 0 radical (unpaired) electrons. The highest BCUT2D eigenvalue weighted by molar-refractivity contribution is 5.69. The second-order valence-electron chi connectivity index (χ2n) is 8.06. The first-order valence-corrected chi connectivity index (χ1v) is 12.1. The first-order valence-electron chi connectivity index (χ1n) is 12.1. The molecule has 1 atom stereocenters. The molecule has 0 aromatic carbocycles. The molecule has 0 aliphatic heterocycles. The van der Waals surface area contributed by atoms with Gasteiger partial charge in [0, 0.05) is 13.0 Å². The smallest absolute Gasteiger partial charge is 0.306 e. The molecule has 0 amide bonds. The van der Waals surface area contributed by atoms with Crippen molar-refractivity contribution in [3.05, 3.63) is 12.2 Å². The molecular formula is C25H48O3. The summed E-state index contributed by atoms with van der Waals surface area (Å²) in [5.74, 6) is -0.0794. The number of rotatable bonds is 21. The fraction of sp³-hybridized carbons (Fsp3) is 0.880. The van der Waals surface area contributed by atoms with Gasteiger partial charge in [0.15, 0.2) is 0 Å². The monoisotopic (exact) mass is 396 g/mol. The molecular weight excluding hydrogens is 348 g/mol. The van der Waals surface area contributed by atoms with E-state index in [9.17, 15) is 4.79 Å². The summed E-state index contributed by atoms with van der Waals surface area (Å²) in [5.41, 5.74) is 0. The molecule has 0 aromatic heterocycles. The van der Waals surface area contributed by atoms with Crippen molar-refractivity contribution in [2.45, 2.75) is 130 Å². The van der Waals surface area contributed by atoms with Gasteiger partial charge in [0.25, 0.3) is 0 Å². The zero-order valence-corrected chi connectivity index (χ0v) is 19.2. The van der Waals surface area contributed by atoms with Crippen LogP contribution in [0, 0.1) is 0 Å². The molecule has 3 nitrogen and oxygen atoms in total. The Hall–Kier alpha value is -0.830. The lowest BCUT2D eigenvalue weighted by Gasteiger charge is -2.13. The molecule has 0 saturated heterocycles. The highest BCUT2D eigenvalue weighted by Gasteiger charge is 2.09. The van der Waals surface area contributed by atoms with E-state index >= 15 is 0 Å². The van der Waals surface area contributed by atoms with E-state index in [1.54, 1.807) is 0 Å². The van der Waals surface area contributed by atoms with Crippen molar-refractivity contribution >= 4 is 5.97 Å². The van der Waals surface area contributed by atoms with Crippen molar-refractivity contribution in [2.75, 3.05) is 13.2 Å². The van der Waals surface area contributed by atoms with Gasteiger partial charge in [-0.25, -0.2) is 0 Å². The van der Waals surface area contributed by atoms with E-state index in [2.05, 4.69) is 26.0 Å². The van der Waals surface area contributed by atoms with Crippen molar-refractivity contribution in [3.8, 4) is 0 Å². The van der Waals surface area contributed by atoms with Gasteiger partial charge in [-0.2, -0.15) is 0 Å². The van der Waals surface area contributed by atoms with E-state index in [4.69, 9.17) is 9.47 Å². The third-order valence-corrected chi connectivity index (χ3v) is 4.97. The molecule has 3 heteroatoms. The number of esters is 1. The second kappa shape index (κ2) is 22.5. The van der Waals surface area contributed by atoms with Crippen LogP contribution in [-0.4, -0.2) is 25.3 Å². The molecule has 0 bridgehead atoms. The van der Waals surface area contributed by atoms with Crippen LogP contribution in [0.5, 0.6) is 0 Å². The van der Waals surface area contributed by atoms with E-state index in [1.165, 1.54) is 70.6 Å². The van der Waals surface area contributed by atoms with Gasteiger partial charge in [0.05, 0.1) is 6.61 Å². The summed E-state index contributed by atoms with van der Waals surface area (Å²) in [6.07, 6.45) is 23.8. The van der Waals surface area contributed by atoms with Crippen molar-refractivity contribution < 1.29 is 14.3 Å². The van der Waals surface area contributed by atoms with Crippen molar-refractivity contribution in [2.24, 2.45) is 0 Å². The number of carbonyl (C=O) groups is 1. The van der Waals surface area contributed by atoms with E-state index in [0.717, 1.165) is 32.3 Å². The van der Waals surface area contributed by atoms with Crippen LogP contribution in [0.1, 0.15) is 124 Å². The molecule has 0 aliphatic carbocycles. The van der Waals surface area contributed by atoms with Crippen LogP contribution in [0.25, 0.3) is 0 Å². The molecule has 28 heavy (non-hydrogen) atoms. The number of hydrogen-bond donors (Lipinski definition) is 0. The Morgan fingerprint density at radius 1 is 0.750 bits per heavy atom. The van der Waals surface area contributed by atoms with Crippen molar-refractivity contribution in [3.63, 3.8) is 0 Å². The SMILES string of the molecule is CCCCCCCC/C=C\CCCCCCCC(=O)OC(C)COCCCC. The molecule has 0 N–H and O–H groups in total. The molecule has 0 aliphatic rings. The maximum atomic E-state index is 11.8. The van der Waals surface area contributed by atoms with Crippen LogP contribution in [0.3, 0.4) is 0 Å². The van der Waals surface area contributed by atoms with Crippen LogP contribution in [-0.2, 0) is 14.3 Å². The Balaban J connectivity index is 3.31. The predicted molar refractivity (Wildman–Crippen MR) is 121 cm³/mol. The standard InChI is InChI=1S/C25H48O3/c1-4-6-8-9-10-11-12-13-14-15-16-17-18-19-20-21-25(26)28-24(3)23-27-22-7-5-2/h13-14,24H,4-12,15-23H2,1-3H3/b14-13-. The lowest BCUT2D eigenvalue weighted by atomic mass is 10.1. The summed E-state index contributed by atoms with van der Waals surface area (Å²) in [6.45, 7) is 7.58. The van der Waals surface area contributed by atoms with Gasteiger partial charge in [-0.1, -0.05) is 83.8 Å². The minimum atomic E-state index is -0.132. The molecule has 0 saturated carbocycles. The Bertz CT molecular complexity index is 352. The maximum absolute atomic E-state index is 11.8. The molecule has 0 heterocycles. The Morgan fingerprint density at radius 2 is 1.29 bits per heavy atom. The van der Waals surface area contributed by atoms with Gasteiger partial charge in [-0.05, 0) is 45.4 Å². The number of carbonyl (C=O) groups excluding carboxylic acids is 1. The zero-order valence-electron chi connectivity index (χ0n) is 19.2. The van der Waals surface area contributed by atoms with Gasteiger partial charge >= 0.3 is 5.97 Å². The minimum Gasteiger partial charge on any atom is -0.460 e. The van der Waals surface area contributed by atoms with Crippen molar-refractivity contribution in [1.29, 1.82) is 0 Å². The minimum absolute atomic E-state index is 0.0794. The summed E-state index contributed by atoms with van der Waals surface area (Å²) in [6, 6.07) is 0. The largest absolute Gasteiger partial charge is 0.460 e. The summed E-state index contributed by atoms with van der Waals surface area (Å²) in [7, 11) is 0. The number of allylic oxidation sites excluding steroid dienone is 2. The lowest BCUT2D eigenvalue weighted by Crippen LogP contribution is -2.20. The Labute approximate surface area is 175 Å². The Kier molecular flexibility index (Phi) is 21.8. The average Bonchev–Trinajstić information content (AvgIpc) is 2.68. The summed E-state index contributed by atoms with van der Waals surface area (Å²) >= 11 is 0.